The van der Waals surface area contributed by atoms with Crippen molar-refractivity contribution in [1.29, 1.82) is 0 Å². The van der Waals surface area contributed by atoms with Crippen LogP contribution in [-0.4, -0.2) is 41.6 Å². The number of carbonyl (C=O) groups excluding carboxylic acids is 1. The van der Waals surface area contributed by atoms with Crippen molar-refractivity contribution in [3.63, 3.8) is 0 Å². The topological polar surface area (TPSA) is 54.5 Å². The lowest BCUT2D eigenvalue weighted by Crippen LogP contribution is -2.53. The van der Waals surface area contributed by atoms with Gasteiger partial charge in [0.05, 0.1) is 10.9 Å². The minimum atomic E-state index is -3.72. The first-order valence-corrected chi connectivity index (χ1v) is 10.7. The third-order valence-corrected chi connectivity index (χ3v) is 8.03. The Kier molecular flexibility index (Phi) is 5.66. The van der Waals surface area contributed by atoms with E-state index in [4.69, 9.17) is 0 Å². The van der Waals surface area contributed by atoms with Crippen molar-refractivity contribution < 1.29 is 13.2 Å². The van der Waals surface area contributed by atoms with Gasteiger partial charge in [0.25, 0.3) is 0 Å². The van der Waals surface area contributed by atoms with Gasteiger partial charge in [-0.2, -0.15) is 16.1 Å². The van der Waals surface area contributed by atoms with Crippen LogP contribution >= 0.6 is 27.7 Å². The van der Waals surface area contributed by atoms with Gasteiger partial charge in [0, 0.05) is 15.8 Å². The molecule has 0 amide bonds. The van der Waals surface area contributed by atoms with Gasteiger partial charge in [-0.1, -0.05) is 15.9 Å². The second-order valence-corrected chi connectivity index (χ2v) is 10.9. The number of aryl methyl sites for hydroxylation is 1. The maximum absolute atomic E-state index is 13.2. The zero-order chi connectivity index (χ0) is 17.4. The fourth-order valence-corrected chi connectivity index (χ4v) is 6.90. The molecule has 7 heteroatoms. The van der Waals surface area contributed by atoms with Crippen molar-refractivity contribution in [3.8, 4) is 0 Å². The maximum atomic E-state index is 13.2. The van der Waals surface area contributed by atoms with Crippen LogP contribution in [0.4, 0.5) is 0 Å². The lowest BCUT2D eigenvalue weighted by atomic mass is 9.99. The highest BCUT2D eigenvalue weighted by molar-refractivity contribution is 9.10. The molecule has 1 aliphatic rings. The molecule has 0 radical (unpaired) electrons. The molecule has 0 bridgehead atoms. The number of benzene rings is 1. The Morgan fingerprint density at radius 2 is 2.04 bits per heavy atom. The Bertz CT molecular complexity index is 716. The van der Waals surface area contributed by atoms with Gasteiger partial charge >= 0.3 is 0 Å². The van der Waals surface area contributed by atoms with Gasteiger partial charge in [-0.15, -0.1) is 0 Å². The van der Waals surface area contributed by atoms with Gasteiger partial charge in [-0.05, 0) is 63.6 Å². The largest absolute Gasteiger partial charge is 0.298 e. The van der Waals surface area contributed by atoms with Crippen LogP contribution in [0, 0.1) is 6.92 Å². The Morgan fingerprint density at radius 1 is 1.39 bits per heavy atom. The number of rotatable bonds is 3. The van der Waals surface area contributed by atoms with E-state index in [0.29, 0.717) is 12.1 Å². The highest BCUT2D eigenvalue weighted by Gasteiger charge is 2.45. The van der Waals surface area contributed by atoms with Gasteiger partial charge in [-0.3, -0.25) is 4.79 Å². The zero-order valence-electron chi connectivity index (χ0n) is 13.8. The molecule has 1 heterocycles. The molecule has 1 fully saturated rings. The van der Waals surface area contributed by atoms with Crippen molar-refractivity contribution in [1.82, 2.24) is 4.31 Å². The number of halogens is 1. The molecule has 0 spiro atoms. The summed E-state index contributed by atoms with van der Waals surface area (Å²) < 4.78 is 28.2. The van der Waals surface area contributed by atoms with Gasteiger partial charge in [0.15, 0.2) is 0 Å². The van der Waals surface area contributed by atoms with Crippen molar-refractivity contribution in [2.24, 2.45) is 0 Å². The van der Waals surface area contributed by atoms with E-state index in [1.165, 1.54) is 11.2 Å². The van der Waals surface area contributed by atoms with Crippen molar-refractivity contribution >= 4 is 43.5 Å². The predicted molar refractivity (Wildman–Crippen MR) is 98.4 cm³/mol. The lowest BCUT2D eigenvalue weighted by molar-refractivity contribution is -0.121. The highest BCUT2D eigenvalue weighted by Crippen LogP contribution is 2.38. The molecular weight excluding hydrogens is 398 g/mol. The number of ketones is 1. The van der Waals surface area contributed by atoms with Crippen molar-refractivity contribution in [2.45, 2.75) is 49.8 Å². The molecule has 0 aromatic heterocycles. The maximum Gasteiger partial charge on any atom is 0.244 e. The molecule has 2 rings (SSSR count). The fourth-order valence-electron chi connectivity index (χ4n) is 3.09. The third kappa shape index (κ3) is 3.83. The SMILES string of the molecule is CC(=O)[C@@H]1N(S(=O)(=O)c2ccc(Br)cc2C)CCCSC1(C)C. The molecule has 1 aliphatic heterocycles. The summed E-state index contributed by atoms with van der Waals surface area (Å²) in [7, 11) is -3.72. The summed E-state index contributed by atoms with van der Waals surface area (Å²) in [4.78, 5) is 12.5. The van der Waals surface area contributed by atoms with Gasteiger partial charge in [-0.25, -0.2) is 8.42 Å². The number of nitrogens with zero attached hydrogens (tertiary/aromatic N) is 1. The zero-order valence-corrected chi connectivity index (χ0v) is 17.0. The lowest BCUT2D eigenvalue weighted by Gasteiger charge is -2.37. The molecular formula is C16H22BrNO3S2. The normalized spacial score (nSPS) is 22.6. The smallest absolute Gasteiger partial charge is 0.244 e. The van der Waals surface area contributed by atoms with Crippen molar-refractivity contribution in [3.05, 3.63) is 28.2 Å². The van der Waals surface area contributed by atoms with E-state index in [0.717, 1.165) is 16.6 Å². The van der Waals surface area contributed by atoms with Gasteiger partial charge < -0.3 is 0 Å². The molecule has 0 unspecified atom stereocenters. The number of Topliss-reactive ketones (excluding diaryl/α,β-unsaturated/α-hetero) is 1. The van der Waals surface area contributed by atoms with E-state index < -0.39 is 20.8 Å². The average Bonchev–Trinajstić information content (AvgIpc) is 2.56. The summed E-state index contributed by atoms with van der Waals surface area (Å²) in [5.74, 6) is 0.741. The van der Waals surface area contributed by atoms with E-state index in [2.05, 4.69) is 15.9 Å². The Labute approximate surface area is 151 Å². The second-order valence-electron chi connectivity index (χ2n) is 6.34. The summed E-state index contributed by atoms with van der Waals surface area (Å²) >= 11 is 5.02. The van der Waals surface area contributed by atoms with Gasteiger partial charge in [0.1, 0.15) is 5.78 Å². The van der Waals surface area contributed by atoms with Crippen LogP contribution in [0.25, 0.3) is 0 Å². The summed E-state index contributed by atoms with van der Waals surface area (Å²) in [6.07, 6.45) is 0.743. The van der Waals surface area contributed by atoms with Crippen LogP contribution < -0.4 is 0 Å². The molecule has 0 aliphatic carbocycles. The first-order valence-electron chi connectivity index (χ1n) is 7.50. The van der Waals surface area contributed by atoms with Crippen LogP contribution in [0.15, 0.2) is 27.6 Å². The van der Waals surface area contributed by atoms with Crippen LogP contribution in [0.5, 0.6) is 0 Å². The van der Waals surface area contributed by atoms with E-state index in [1.54, 1.807) is 36.9 Å². The summed E-state index contributed by atoms with van der Waals surface area (Å²) in [5, 5.41) is 0. The molecule has 23 heavy (non-hydrogen) atoms. The monoisotopic (exact) mass is 419 g/mol. The third-order valence-electron chi connectivity index (χ3n) is 4.05. The number of carbonyl (C=O) groups is 1. The quantitative estimate of drug-likeness (QED) is 0.750. The Balaban J connectivity index is 2.57. The fraction of sp³-hybridized carbons (Fsp3) is 0.562. The van der Waals surface area contributed by atoms with Crippen LogP contribution in [0.3, 0.4) is 0 Å². The molecule has 0 saturated carbocycles. The first-order chi connectivity index (χ1) is 10.6. The molecule has 128 valence electrons. The summed E-state index contributed by atoms with van der Waals surface area (Å²) in [5.41, 5.74) is 0.677. The molecule has 0 N–H and O–H groups in total. The molecule has 1 saturated heterocycles. The molecule has 1 aromatic rings. The highest BCUT2D eigenvalue weighted by atomic mass is 79.9. The standard InChI is InChI=1S/C16H22BrNO3S2/c1-11-10-13(17)6-7-14(11)23(20,21)18-8-5-9-22-16(3,4)15(18)12(2)19/h6-7,10,15H,5,8-9H2,1-4H3/t15-/m0/s1. The van der Waals surface area contributed by atoms with Crippen LogP contribution in [0.1, 0.15) is 32.8 Å². The average molecular weight is 420 g/mol. The number of thioether (sulfide) groups is 1. The minimum Gasteiger partial charge on any atom is -0.298 e. The summed E-state index contributed by atoms with van der Waals surface area (Å²) in [6, 6.07) is 4.47. The molecule has 4 nitrogen and oxygen atoms in total. The minimum absolute atomic E-state index is 0.109. The summed E-state index contributed by atoms with van der Waals surface area (Å²) in [6.45, 7) is 7.53. The molecule has 1 atom stereocenters. The number of hydrogen-bond donors (Lipinski definition) is 0. The van der Waals surface area contributed by atoms with E-state index >= 15 is 0 Å². The Hall–Kier alpha value is -0.370. The van der Waals surface area contributed by atoms with E-state index in [1.807, 2.05) is 13.8 Å². The van der Waals surface area contributed by atoms with Crippen LogP contribution in [0.2, 0.25) is 0 Å². The predicted octanol–water partition coefficient (Wildman–Crippen LogP) is 3.62. The number of sulfonamides is 1. The van der Waals surface area contributed by atoms with Gasteiger partial charge in [0.2, 0.25) is 10.0 Å². The molecule has 1 aromatic carbocycles. The van der Waals surface area contributed by atoms with Crippen molar-refractivity contribution in [2.75, 3.05) is 12.3 Å². The van der Waals surface area contributed by atoms with E-state index in [-0.39, 0.29) is 10.7 Å². The second kappa shape index (κ2) is 6.86. The van der Waals surface area contributed by atoms with E-state index in [9.17, 15) is 13.2 Å². The Morgan fingerprint density at radius 3 is 2.61 bits per heavy atom. The van der Waals surface area contributed by atoms with Crippen LogP contribution in [-0.2, 0) is 14.8 Å². The first kappa shape index (κ1) is 19.0. The number of hydrogen-bond acceptors (Lipinski definition) is 4.